The number of hydrogen-bond acceptors (Lipinski definition) is 3. The molecule has 0 radical (unpaired) electrons. The van der Waals surface area contributed by atoms with Gasteiger partial charge < -0.3 is 15.5 Å². The summed E-state index contributed by atoms with van der Waals surface area (Å²) in [6, 6.07) is 0.799. The quantitative estimate of drug-likeness (QED) is 0.742. The molecule has 0 bridgehead atoms. The van der Waals surface area contributed by atoms with Gasteiger partial charge in [0.25, 0.3) is 0 Å². The summed E-state index contributed by atoms with van der Waals surface area (Å²) >= 11 is 0. The van der Waals surface area contributed by atoms with Gasteiger partial charge in [-0.3, -0.25) is 9.59 Å². The molecule has 2 heterocycles. The average Bonchev–Trinajstić information content (AvgIpc) is 3.17. The van der Waals surface area contributed by atoms with Gasteiger partial charge in [0, 0.05) is 31.6 Å². The SMILES string of the molecule is O=C1CCC(N2CCCC(NC3CC3)C2=O)CN1. The minimum Gasteiger partial charge on any atom is -0.354 e. The van der Waals surface area contributed by atoms with Gasteiger partial charge in [0.05, 0.1) is 6.04 Å². The number of hydrogen-bond donors (Lipinski definition) is 2. The highest BCUT2D eigenvalue weighted by Crippen LogP contribution is 2.24. The van der Waals surface area contributed by atoms with E-state index in [1.54, 1.807) is 0 Å². The van der Waals surface area contributed by atoms with Crippen molar-refractivity contribution in [1.29, 1.82) is 0 Å². The lowest BCUT2D eigenvalue weighted by atomic mass is 9.98. The highest BCUT2D eigenvalue weighted by molar-refractivity contribution is 5.83. The molecule has 2 aliphatic heterocycles. The number of piperidine rings is 2. The van der Waals surface area contributed by atoms with Gasteiger partial charge in [0.1, 0.15) is 0 Å². The maximum Gasteiger partial charge on any atom is 0.240 e. The standard InChI is InChI=1S/C13H21N3O2/c17-12-6-5-10(8-14-12)16-7-1-2-11(13(16)18)15-9-3-4-9/h9-11,15H,1-8H2,(H,14,17). The second-order valence-electron chi connectivity index (χ2n) is 5.66. The van der Waals surface area contributed by atoms with Gasteiger partial charge in [-0.2, -0.15) is 0 Å². The Hall–Kier alpha value is -1.10. The van der Waals surface area contributed by atoms with Crippen LogP contribution in [0.25, 0.3) is 0 Å². The van der Waals surface area contributed by atoms with Crippen molar-refractivity contribution >= 4 is 11.8 Å². The van der Waals surface area contributed by atoms with Crippen LogP contribution in [0.1, 0.15) is 38.5 Å². The Kier molecular flexibility index (Phi) is 3.24. The van der Waals surface area contributed by atoms with E-state index in [0.29, 0.717) is 19.0 Å². The first kappa shape index (κ1) is 12.0. The number of carbonyl (C=O) groups is 2. The summed E-state index contributed by atoms with van der Waals surface area (Å²) < 4.78 is 0. The molecule has 0 aromatic carbocycles. The number of carbonyl (C=O) groups excluding carboxylic acids is 2. The molecule has 3 rings (SSSR count). The molecule has 0 spiro atoms. The topological polar surface area (TPSA) is 61.4 Å². The third-order valence-corrected chi connectivity index (χ3v) is 4.17. The van der Waals surface area contributed by atoms with Gasteiger partial charge in [0.2, 0.25) is 11.8 Å². The fourth-order valence-electron chi connectivity index (χ4n) is 2.94. The van der Waals surface area contributed by atoms with Crippen molar-refractivity contribution in [3.05, 3.63) is 0 Å². The summed E-state index contributed by atoms with van der Waals surface area (Å²) in [6.07, 6.45) is 5.82. The Bertz CT molecular complexity index is 344. The van der Waals surface area contributed by atoms with Crippen molar-refractivity contribution in [3.63, 3.8) is 0 Å². The summed E-state index contributed by atoms with van der Waals surface area (Å²) in [4.78, 5) is 25.6. The van der Waals surface area contributed by atoms with E-state index in [4.69, 9.17) is 0 Å². The maximum atomic E-state index is 12.4. The van der Waals surface area contributed by atoms with Crippen LogP contribution in [0.3, 0.4) is 0 Å². The Balaban J connectivity index is 1.60. The molecule has 5 heteroatoms. The molecule has 3 fully saturated rings. The number of likely N-dealkylation sites (tertiary alicyclic amines) is 1. The molecule has 1 saturated carbocycles. The molecule has 2 N–H and O–H groups in total. The molecule has 2 saturated heterocycles. The Labute approximate surface area is 107 Å². The fraction of sp³-hybridized carbons (Fsp3) is 0.846. The molecule has 0 aromatic heterocycles. The zero-order valence-electron chi connectivity index (χ0n) is 10.7. The van der Waals surface area contributed by atoms with Crippen molar-refractivity contribution in [2.45, 2.75) is 56.7 Å². The van der Waals surface area contributed by atoms with Crippen molar-refractivity contribution in [2.24, 2.45) is 0 Å². The minimum absolute atomic E-state index is 0.0175. The molecule has 100 valence electrons. The predicted octanol–water partition coefficient (Wildman–Crippen LogP) is 0.00800. The van der Waals surface area contributed by atoms with Crippen molar-refractivity contribution < 1.29 is 9.59 Å². The molecule has 18 heavy (non-hydrogen) atoms. The first-order chi connectivity index (χ1) is 8.74. The molecule has 3 aliphatic rings. The van der Waals surface area contributed by atoms with Crippen LogP contribution in [0.15, 0.2) is 0 Å². The van der Waals surface area contributed by atoms with Crippen molar-refractivity contribution in [2.75, 3.05) is 13.1 Å². The van der Waals surface area contributed by atoms with Gasteiger partial charge in [-0.05, 0) is 32.1 Å². The summed E-state index contributed by atoms with van der Waals surface area (Å²) in [6.45, 7) is 1.48. The van der Waals surface area contributed by atoms with E-state index in [9.17, 15) is 9.59 Å². The van der Waals surface area contributed by atoms with Crippen LogP contribution in [0.4, 0.5) is 0 Å². The second kappa shape index (κ2) is 4.88. The zero-order chi connectivity index (χ0) is 12.5. The monoisotopic (exact) mass is 251 g/mol. The Morgan fingerprint density at radius 2 is 2.00 bits per heavy atom. The lowest BCUT2D eigenvalue weighted by Crippen LogP contribution is -2.58. The average molecular weight is 251 g/mol. The van der Waals surface area contributed by atoms with Crippen molar-refractivity contribution in [1.82, 2.24) is 15.5 Å². The molecule has 1 aliphatic carbocycles. The van der Waals surface area contributed by atoms with Crippen LogP contribution in [0, 0.1) is 0 Å². The summed E-state index contributed by atoms with van der Waals surface area (Å²) in [5.41, 5.74) is 0. The predicted molar refractivity (Wildman–Crippen MR) is 66.9 cm³/mol. The summed E-state index contributed by atoms with van der Waals surface area (Å²) in [5.74, 6) is 0.359. The largest absolute Gasteiger partial charge is 0.354 e. The molecule has 5 nitrogen and oxygen atoms in total. The van der Waals surface area contributed by atoms with E-state index in [-0.39, 0.29) is 23.9 Å². The molecule has 0 aromatic rings. The highest BCUT2D eigenvalue weighted by Gasteiger charge is 2.37. The third-order valence-electron chi connectivity index (χ3n) is 4.17. The number of nitrogens with one attached hydrogen (secondary N) is 2. The lowest BCUT2D eigenvalue weighted by molar-refractivity contribution is -0.140. The fourth-order valence-corrected chi connectivity index (χ4v) is 2.94. The van der Waals surface area contributed by atoms with Gasteiger partial charge >= 0.3 is 0 Å². The van der Waals surface area contributed by atoms with Crippen LogP contribution < -0.4 is 10.6 Å². The normalized spacial score (nSPS) is 33.4. The van der Waals surface area contributed by atoms with E-state index in [2.05, 4.69) is 10.6 Å². The first-order valence-corrected chi connectivity index (χ1v) is 7.07. The van der Waals surface area contributed by atoms with Gasteiger partial charge in [0.15, 0.2) is 0 Å². The lowest BCUT2D eigenvalue weighted by Gasteiger charge is -2.40. The number of amides is 2. The zero-order valence-corrected chi connectivity index (χ0v) is 10.7. The van der Waals surface area contributed by atoms with E-state index in [1.165, 1.54) is 12.8 Å². The summed E-state index contributed by atoms with van der Waals surface area (Å²) in [7, 11) is 0. The van der Waals surface area contributed by atoms with Crippen LogP contribution >= 0.6 is 0 Å². The van der Waals surface area contributed by atoms with Crippen LogP contribution in [-0.2, 0) is 9.59 Å². The van der Waals surface area contributed by atoms with Crippen LogP contribution in [0.5, 0.6) is 0 Å². The number of rotatable bonds is 3. The Morgan fingerprint density at radius 1 is 1.17 bits per heavy atom. The van der Waals surface area contributed by atoms with Gasteiger partial charge in [-0.25, -0.2) is 0 Å². The van der Waals surface area contributed by atoms with E-state index >= 15 is 0 Å². The Morgan fingerprint density at radius 3 is 2.67 bits per heavy atom. The first-order valence-electron chi connectivity index (χ1n) is 7.07. The maximum absolute atomic E-state index is 12.4. The number of nitrogens with zero attached hydrogens (tertiary/aromatic N) is 1. The van der Waals surface area contributed by atoms with Crippen molar-refractivity contribution in [3.8, 4) is 0 Å². The van der Waals surface area contributed by atoms with Gasteiger partial charge in [-0.1, -0.05) is 0 Å². The highest BCUT2D eigenvalue weighted by atomic mass is 16.2. The van der Waals surface area contributed by atoms with E-state index < -0.39 is 0 Å². The molecule has 2 atom stereocenters. The molecular formula is C13H21N3O2. The second-order valence-corrected chi connectivity index (χ2v) is 5.66. The van der Waals surface area contributed by atoms with Gasteiger partial charge in [-0.15, -0.1) is 0 Å². The summed E-state index contributed by atoms with van der Waals surface area (Å²) in [5, 5.41) is 6.31. The minimum atomic E-state index is 0.0175. The smallest absolute Gasteiger partial charge is 0.240 e. The third kappa shape index (κ3) is 2.51. The van der Waals surface area contributed by atoms with Crippen LogP contribution in [-0.4, -0.2) is 47.9 Å². The van der Waals surface area contributed by atoms with E-state index in [1.807, 2.05) is 4.90 Å². The molecular weight excluding hydrogens is 230 g/mol. The van der Waals surface area contributed by atoms with Crippen LogP contribution in [0.2, 0.25) is 0 Å². The molecule has 2 amide bonds. The molecule has 2 unspecified atom stereocenters. The van der Waals surface area contributed by atoms with E-state index in [0.717, 1.165) is 25.8 Å².